The number of rotatable bonds is 4. The SMILES string of the molecule is COC(=O)c1cc(NS(=O)(=O)c2ccc(C)cc2)ccc1Br. The Bertz CT molecular complexity index is 801. The minimum Gasteiger partial charge on any atom is -0.465 e. The maximum atomic E-state index is 12.3. The van der Waals surface area contributed by atoms with E-state index in [2.05, 4.69) is 25.4 Å². The second-order valence-corrected chi connectivity index (χ2v) is 7.14. The fraction of sp³-hybridized carbons (Fsp3) is 0.133. The Morgan fingerprint density at radius 2 is 1.77 bits per heavy atom. The van der Waals surface area contributed by atoms with Crippen molar-refractivity contribution in [2.24, 2.45) is 0 Å². The molecular formula is C15H14BrNO4S. The van der Waals surface area contributed by atoms with Crippen molar-refractivity contribution in [2.45, 2.75) is 11.8 Å². The van der Waals surface area contributed by atoms with E-state index in [1.165, 1.54) is 25.3 Å². The Morgan fingerprint density at radius 3 is 2.36 bits per heavy atom. The second kappa shape index (κ2) is 6.50. The van der Waals surface area contributed by atoms with E-state index >= 15 is 0 Å². The quantitative estimate of drug-likeness (QED) is 0.821. The van der Waals surface area contributed by atoms with Gasteiger partial charge in [0.2, 0.25) is 0 Å². The lowest BCUT2D eigenvalue weighted by Crippen LogP contribution is -2.13. The highest BCUT2D eigenvalue weighted by atomic mass is 79.9. The van der Waals surface area contributed by atoms with Crippen LogP contribution in [0, 0.1) is 6.92 Å². The summed E-state index contributed by atoms with van der Waals surface area (Å²) in [4.78, 5) is 11.8. The summed E-state index contributed by atoms with van der Waals surface area (Å²) in [5.74, 6) is -0.553. The molecule has 0 saturated heterocycles. The van der Waals surface area contributed by atoms with Crippen molar-refractivity contribution in [1.82, 2.24) is 0 Å². The maximum absolute atomic E-state index is 12.3. The van der Waals surface area contributed by atoms with E-state index < -0.39 is 16.0 Å². The molecule has 2 aromatic carbocycles. The lowest BCUT2D eigenvalue weighted by atomic mass is 10.2. The minimum absolute atomic E-state index is 0.153. The Kier molecular flexibility index (Phi) is 4.87. The van der Waals surface area contributed by atoms with E-state index in [4.69, 9.17) is 0 Å². The van der Waals surface area contributed by atoms with E-state index in [1.54, 1.807) is 24.3 Å². The van der Waals surface area contributed by atoms with Crippen molar-refractivity contribution < 1.29 is 17.9 Å². The Hall–Kier alpha value is -1.86. The van der Waals surface area contributed by atoms with Crippen LogP contribution < -0.4 is 4.72 Å². The molecule has 0 aliphatic rings. The van der Waals surface area contributed by atoms with E-state index in [0.717, 1.165) is 5.56 Å². The van der Waals surface area contributed by atoms with Gasteiger partial charge < -0.3 is 4.74 Å². The average molecular weight is 384 g/mol. The minimum atomic E-state index is -3.71. The van der Waals surface area contributed by atoms with Gasteiger partial charge in [0.25, 0.3) is 10.0 Å². The number of anilines is 1. The largest absolute Gasteiger partial charge is 0.465 e. The molecule has 0 atom stereocenters. The van der Waals surface area contributed by atoms with Crippen LogP contribution in [-0.4, -0.2) is 21.5 Å². The highest BCUT2D eigenvalue weighted by molar-refractivity contribution is 9.10. The lowest BCUT2D eigenvalue weighted by molar-refractivity contribution is 0.0599. The fourth-order valence-corrected chi connectivity index (χ4v) is 3.24. The second-order valence-electron chi connectivity index (χ2n) is 4.60. The summed E-state index contributed by atoms with van der Waals surface area (Å²) in [6.45, 7) is 1.88. The molecule has 0 aromatic heterocycles. The Labute approximate surface area is 137 Å². The molecule has 22 heavy (non-hydrogen) atoms. The van der Waals surface area contributed by atoms with Crippen LogP contribution in [0.4, 0.5) is 5.69 Å². The number of hydrogen-bond acceptors (Lipinski definition) is 4. The van der Waals surface area contributed by atoms with Crippen molar-refractivity contribution in [3.05, 3.63) is 58.1 Å². The first-order chi connectivity index (χ1) is 10.3. The maximum Gasteiger partial charge on any atom is 0.339 e. The molecule has 0 heterocycles. The summed E-state index contributed by atoms with van der Waals surface area (Å²) in [6, 6.07) is 11.0. The van der Waals surface area contributed by atoms with Gasteiger partial charge in [0, 0.05) is 10.2 Å². The topological polar surface area (TPSA) is 72.5 Å². The van der Waals surface area contributed by atoms with Gasteiger partial charge in [0.05, 0.1) is 17.6 Å². The summed E-state index contributed by atoms with van der Waals surface area (Å²) >= 11 is 3.23. The van der Waals surface area contributed by atoms with E-state index in [1.807, 2.05) is 6.92 Å². The highest BCUT2D eigenvalue weighted by Gasteiger charge is 2.16. The zero-order chi connectivity index (χ0) is 16.3. The van der Waals surface area contributed by atoms with E-state index in [9.17, 15) is 13.2 Å². The van der Waals surface area contributed by atoms with Gasteiger partial charge in [-0.3, -0.25) is 4.72 Å². The first kappa shape index (κ1) is 16.5. The van der Waals surface area contributed by atoms with Crippen LogP contribution in [0.2, 0.25) is 0 Å². The van der Waals surface area contributed by atoms with Crippen LogP contribution in [-0.2, 0) is 14.8 Å². The van der Waals surface area contributed by atoms with Gasteiger partial charge in [0.15, 0.2) is 0 Å². The number of esters is 1. The van der Waals surface area contributed by atoms with E-state index in [0.29, 0.717) is 4.47 Å². The molecule has 0 aliphatic heterocycles. The number of aryl methyl sites for hydroxylation is 1. The number of ether oxygens (including phenoxy) is 1. The summed E-state index contributed by atoms with van der Waals surface area (Å²) < 4.78 is 32.2. The van der Waals surface area contributed by atoms with Crippen LogP contribution in [0.3, 0.4) is 0 Å². The number of sulfonamides is 1. The number of carbonyl (C=O) groups excluding carboxylic acids is 1. The molecule has 0 unspecified atom stereocenters. The smallest absolute Gasteiger partial charge is 0.339 e. The van der Waals surface area contributed by atoms with Gasteiger partial charge in [-0.25, -0.2) is 13.2 Å². The van der Waals surface area contributed by atoms with Crippen LogP contribution in [0.5, 0.6) is 0 Å². The summed E-state index contributed by atoms with van der Waals surface area (Å²) in [6.07, 6.45) is 0. The molecule has 7 heteroatoms. The fourth-order valence-electron chi connectivity index (χ4n) is 1.79. The first-order valence-corrected chi connectivity index (χ1v) is 8.58. The summed E-state index contributed by atoms with van der Waals surface area (Å²) in [7, 11) is -2.45. The molecule has 0 saturated carbocycles. The number of benzene rings is 2. The molecule has 0 fully saturated rings. The van der Waals surface area contributed by atoms with Crippen molar-refractivity contribution >= 4 is 37.6 Å². The standard InChI is InChI=1S/C15H14BrNO4S/c1-10-3-6-12(7-4-10)22(19,20)17-11-5-8-14(16)13(9-11)15(18)21-2/h3-9,17H,1-2H3. The number of halogens is 1. The van der Waals surface area contributed by atoms with Gasteiger partial charge in [-0.15, -0.1) is 0 Å². The molecule has 0 amide bonds. The summed E-state index contributed by atoms with van der Waals surface area (Å²) in [5, 5.41) is 0. The number of nitrogens with one attached hydrogen (secondary N) is 1. The predicted octanol–water partition coefficient (Wildman–Crippen LogP) is 3.34. The highest BCUT2D eigenvalue weighted by Crippen LogP contribution is 2.24. The van der Waals surface area contributed by atoms with Crippen molar-refractivity contribution in [3.63, 3.8) is 0 Å². The monoisotopic (exact) mass is 383 g/mol. The average Bonchev–Trinajstić information content (AvgIpc) is 2.48. The van der Waals surface area contributed by atoms with Crippen LogP contribution in [0.1, 0.15) is 15.9 Å². The molecule has 0 radical (unpaired) electrons. The van der Waals surface area contributed by atoms with Gasteiger partial charge >= 0.3 is 5.97 Å². The third-order valence-electron chi connectivity index (χ3n) is 2.96. The Balaban J connectivity index is 2.34. The van der Waals surface area contributed by atoms with Crippen molar-refractivity contribution in [1.29, 1.82) is 0 Å². The van der Waals surface area contributed by atoms with Crippen molar-refractivity contribution in [3.8, 4) is 0 Å². The summed E-state index contributed by atoms with van der Waals surface area (Å²) in [5.41, 5.74) is 1.49. The van der Waals surface area contributed by atoms with Crippen LogP contribution in [0.25, 0.3) is 0 Å². The zero-order valence-corrected chi connectivity index (χ0v) is 14.4. The van der Waals surface area contributed by atoms with Crippen LogP contribution in [0.15, 0.2) is 51.8 Å². The number of methoxy groups -OCH3 is 1. The molecule has 1 N–H and O–H groups in total. The third-order valence-corrected chi connectivity index (χ3v) is 5.04. The zero-order valence-electron chi connectivity index (χ0n) is 12.0. The molecule has 2 aromatic rings. The van der Waals surface area contributed by atoms with Gasteiger partial charge in [0.1, 0.15) is 0 Å². The van der Waals surface area contributed by atoms with Gasteiger partial charge in [-0.1, -0.05) is 17.7 Å². The van der Waals surface area contributed by atoms with Crippen LogP contribution >= 0.6 is 15.9 Å². The van der Waals surface area contributed by atoms with Gasteiger partial charge in [-0.05, 0) is 53.2 Å². The predicted molar refractivity (Wildman–Crippen MR) is 87.5 cm³/mol. The molecule has 5 nitrogen and oxygen atoms in total. The molecular weight excluding hydrogens is 370 g/mol. The van der Waals surface area contributed by atoms with Crippen molar-refractivity contribution in [2.75, 3.05) is 11.8 Å². The molecule has 116 valence electrons. The van der Waals surface area contributed by atoms with E-state index in [-0.39, 0.29) is 16.1 Å². The lowest BCUT2D eigenvalue weighted by Gasteiger charge is -2.10. The first-order valence-electron chi connectivity index (χ1n) is 6.31. The third kappa shape index (κ3) is 3.66. The molecule has 2 rings (SSSR count). The normalized spacial score (nSPS) is 11.0. The Morgan fingerprint density at radius 1 is 1.14 bits per heavy atom. The molecule has 0 aliphatic carbocycles. The number of hydrogen-bond donors (Lipinski definition) is 1. The van der Waals surface area contributed by atoms with Gasteiger partial charge in [-0.2, -0.15) is 0 Å². The number of carbonyl (C=O) groups is 1. The molecule has 0 spiro atoms. The molecule has 0 bridgehead atoms.